The van der Waals surface area contributed by atoms with Gasteiger partial charge in [-0.2, -0.15) is 0 Å². The van der Waals surface area contributed by atoms with Gasteiger partial charge in [-0.25, -0.2) is 0 Å². The van der Waals surface area contributed by atoms with Gasteiger partial charge >= 0.3 is 0 Å². The molecule has 8 aromatic carbocycles. The summed E-state index contributed by atoms with van der Waals surface area (Å²) in [6, 6.07) is 69.0. The highest BCUT2D eigenvalue weighted by Gasteiger charge is 2.45. The van der Waals surface area contributed by atoms with Crippen molar-refractivity contribution in [2.45, 2.75) is 45.2 Å². The van der Waals surface area contributed by atoms with Gasteiger partial charge in [-0.15, -0.1) is 0 Å². The molecule has 0 saturated carbocycles. The minimum atomic E-state index is -1.68. The van der Waals surface area contributed by atoms with Crippen molar-refractivity contribution >= 4 is 94.5 Å². The van der Waals surface area contributed by atoms with E-state index in [4.69, 9.17) is 0 Å². The van der Waals surface area contributed by atoms with Gasteiger partial charge in [-0.1, -0.05) is 189 Å². The van der Waals surface area contributed by atoms with Gasteiger partial charge in [0.15, 0.2) is 0 Å². The second-order valence-corrected chi connectivity index (χ2v) is 28.4. The van der Waals surface area contributed by atoms with Crippen molar-refractivity contribution in [3.63, 3.8) is 0 Å². The van der Waals surface area contributed by atoms with E-state index in [1.54, 1.807) is 0 Å². The van der Waals surface area contributed by atoms with Gasteiger partial charge in [0.1, 0.15) is 0 Å². The van der Waals surface area contributed by atoms with E-state index in [9.17, 15) is 0 Å². The molecule has 0 radical (unpaired) electrons. The van der Waals surface area contributed by atoms with Crippen molar-refractivity contribution in [1.82, 2.24) is 0 Å². The Hall–Kier alpha value is -5.88. The third-order valence-corrected chi connectivity index (χ3v) is 16.6. The van der Waals surface area contributed by atoms with E-state index in [-0.39, 0.29) is 12.6 Å². The fraction of sp³-hybridized carbons (Fsp3) is 0.132. The maximum atomic E-state index is 2.59. The van der Waals surface area contributed by atoms with Crippen LogP contribution in [0.5, 0.6) is 0 Å². The molecule has 0 aliphatic carbocycles. The number of hydrogen-bond acceptors (Lipinski definition) is 2. The molecule has 0 aromatic heterocycles. The molecule has 58 heavy (non-hydrogen) atoms. The predicted octanol–water partition coefficient (Wildman–Crippen LogP) is 11.2. The largest absolute Gasteiger partial charge is 0.311 e. The van der Waals surface area contributed by atoms with Gasteiger partial charge in [0.05, 0.1) is 21.8 Å². The number of fused-ring (bicyclic) bond motifs is 6. The van der Waals surface area contributed by atoms with Crippen LogP contribution in [-0.2, 0) is 0 Å². The van der Waals surface area contributed by atoms with Crippen molar-refractivity contribution < 1.29 is 0 Å². The number of anilines is 6. The first-order chi connectivity index (χ1) is 28.1. The second kappa shape index (κ2) is 13.9. The lowest BCUT2D eigenvalue weighted by Crippen LogP contribution is -2.62. The molecule has 2 nitrogen and oxygen atoms in total. The van der Waals surface area contributed by atoms with Crippen LogP contribution in [0.3, 0.4) is 0 Å². The summed E-state index contributed by atoms with van der Waals surface area (Å²) in [5, 5.41) is 5.48. The van der Waals surface area contributed by atoms with E-state index >= 15 is 0 Å². The summed E-state index contributed by atoms with van der Waals surface area (Å²) < 4.78 is 0. The standard InChI is InChI=1S/C53H49BN2Si2/c1-57(2,3)43-29-27-42(28-30-43)55-48-33-31-44(58(4,5)6)36-47(48)54-46-32-26-40(51(37-18-10-7-11-19-37)38-20-12-8-13-21-38)35-49(46)56(41-23-14-9-15-24-41)53-45-25-17-16-22-39(45)34-50(55)52(53)54/h7-36,51H,1-6H3. The zero-order valence-corrected chi connectivity index (χ0v) is 36.4. The van der Waals surface area contributed by atoms with Crippen molar-refractivity contribution in [2.24, 2.45) is 0 Å². The van der Waals surface area contributed by atoms with Gasteiger partial charge in [0.2, 0.25) is 0 Å². The van der Waals surface area contributed by atoms with Crippen LogP contribution in [0.25, 0.3) is 10.8 Å². The number of benzene rings is 8. The minimum absolute atomic E-state index is 0.0503. The van der Waals surface area contributed by atoms with Crippen molar-refractivity contribution in [3.05, 3.63) is 199 Å². The predicted molar refractivity (Wildman–Crippen MR) is 258 cm³/mol. The molecular formula is C53H49BN2Si2. The molecule has 2 aliphatic rings. The third kappa shape index (κ3) is 6.07. The number of rotatable bonds is 7. The monoisotopic (exact) mass is 780 g/mol. The topological polar surface area (TPSA) is 6.48 Å². The first kappa shape index (κ1) is 36.5. The van der Waals surface area contributed by atoms with Crippen LogP contribution in [0.1, 0.15) is 22.6 Å². The summed E-state index contributed by atoms with van der Waals surface area (Å²) in [4.78, 5) is 5.16. The van der Waals surface area contributed by atoms with E-state index in [0.29, 0.717) is 0 Å². The van der Waals surface area contributed by atoms with E-state index in [1.165, 1.54) is 88.3 Å². The SMILES string of the molecule is C[Si](C)(C)c1ccc(N2c3ccc([Si](C)(C)C)cc3B3c4ccc(C(c5ccccc5)c5ccccc5)cc4N(c4ccccc4)c4c3c2cc2ccccc42)cc1. The number of nitrogens with zero attached hydrogens (tertiary/aromatic N) is 2. The lowest BCUT2D eigenvalue weighted by Gasteiger charge is -2.45. The van der Waals surface area contributed by atoms with E-state index < -0.39 is 16.1 Å². The molecule has 0 fully saturated rings. The zero-order valence-electron chi connectivity index (χ0n) is 34.4. The highest BCUT2D eigenvalue weighted by molar-refractivity contribution is 7.01. The molecule has 0 saturated heterocycles. The Bertz CT molecular complexity index is 2770. The zero-order chi connectivity index (χ0) is 39.8. The number of hydrogen-bond donors (Lipinski definition) is 0. The first-order valence-electron chi connectivity index (χ1n) is 20.8. The molecule has 282 valence electrons. The van der Waals surface area contributed by atoms with E-state index in [1.807, 2.05) is 0 Å². The minimum Gasteiger partial charge on any atom is -0.311 e. The third-order valence-electron chi connectivity index (χ3n) is 12.4. The highest BCUT2D eigenvalue weighted by atomic mass is 28.3. The average molecular weight is 781 g/mol. The molecule has 0 spiro atoms. The summed E-state index contributed by atoms with van der Waals surface area (Å²) in [6.45, 7) is 14.8. The average Bonchev–Trinajstić information content (AvgIpc) is 3.24. The summed E-state index contributed by atoms with van der Waals surface area (Å²) in [6.07, 6.45) is 0. The molecule has 0 atom stereocenters. The van der Waals surface area contributed by atoms with Crippen molar-refractivity contribution in [1.29, 1.82) is 0 Å². The molecule has 2 heterocycles. The molecule has 0 amide bonds. The summed E-state index contributed by atoms with van der Waals surface area (Å²) in [5.74, 6) is 0.0848. The summed E-state index contributed by atoms with van der Waals surface area (Å²) in [7, 11) is -3.17. The fourth-order valence-electron chi connectivity index (χ4n) is 9.51. The van der Waals surface area contributed by atoms with Crippen LogP contribution in [0.4, 0.5) is 34.1 Å². The van der Waals surface area contributed by atoms with Crippen LogP contribution in [-0.4, -0.2) is 22.9 Å². The Balaban J connectivity index is 1.31. The molecule has 10 rings (SSSR count). The van der Waals surface area contributed by atoms with E-state index in [0.717, 1.165) is 0 Å². The Morgan fingerprint density at radius 1 is 0.414 bits per heavy atom. The van der Waals surface area contributed by atoms with Crippen molar-refractivity contribution in [2.75, 3.05) is 9.80 Å². The summed E-state index contributed by atoms with van der Waals surface area (Å²) >= 11 is 0. The van der Waals surface area contributed by atoms with Gasteiger partial charge in [-0.3, -0.25) is 0 Å². The Morgan fingerprint density at radius 2 is 0.983 bits per heavy atom. The molecular weight excluding hydrogens is 732 g/mol. The molecule has 5 heteroatoms. The lowest BCUT2D eigenvalue weighted by atomic mass is 9.33. The van der Waals surface area contributed by atoms with Crippen LogP contribution in [0, 0.1) is 0 Å². The van der Waals surface area contributed by atoms with Crippen LogP contribution >= 0.6 is 0 Å². The van der Waals surface area contributed by atoms with Crippen LogP contribution < -0.4 is 36.6 Å². The molecule has 0 unspecified atom stereocenters. The highest BCUT2D eigenvalue weighted by Crippen LogP contribution is 2.48. The maximum absolute atomic E-state index is 2.59. The van der Waals surface area contributed by atoms with Crippen LogP contribution in [0.2, 0.25) is 39.3 Å². The van der Waals surface area contributed by atoms with E-state index in [2.05, 4.69) is 231 Å². The quantitative estimate of drug-likeness (QED) is 0.117. The van der Waals surface area contributed by atoms with Crippen molar-refractivity contribution in [3.8, 4) is 0 Å². The Labute approximate surface area is 346 Å². The Kier molecular flexibility index (Phi) is 8.74. The fourth-order valence-corrected chi connectivity index (χ4v) is 11.8. The number of para-hydroxylation sites is 1. The molecule has 2 aliphatic heterocycles. The smallest absolute Gasteiger partial charge is 0.252 e. The van der Waals surface area contributed by atoms with Crippen LogP contribution in [0.15, 0.2) is 182 Å². The second-order valence-electron chi connectivity index (χ2n) is 18.2. The molecule has 0 bridgehead atoms. The normalized spacial score (nSPS) is 13.4. The van der Waals surface area contributed by atoms with Gasteiger partial charge in [-0.05, 0) is 80.9 Å². The lowest BCUT2D eigenvalue weighted by molar-refractivity contribution is 0.977. The van der Waals surface area contributed by atoms with Gasteiger partial charge < -0.3 is 9.80 Å². The van der Waals surface area contributed by atoms with Gasteiger partial charge in [0.25, 0.3) is 6.71 Å². The molecule has 8 aromatic rings. The molecule has 0 N–H and O–H groups in total. The summed E-state index contributed by atoms with van der Waals surface area (Å²) in [5.41, 5.74) is 15.4. The van der Waals surface area contributed by atoms with Gasteiger partial charge in [0, 0.05) is 39.7 Å². The Morgan fingerprint density at radius 3 is 1.62 bits per heavy atom. The first-order valence-corrected chi connectivity index (χ1v) is 27.8. The maximum Gasteiger partial charge on any atom is 0.252 e.